The van der Waals surface area contributed by atoms with Crippen LogP contribution in [0.2, 0.25) is 0 Å². The molecule has 0 radical (unpaired) electrons. The van der Waals surface area contributed by atoms with Gasteiger partial charge in [-0.1, -0.05) is 31.5 Å². The van der Waals surface area contributed by atoms with Crippen molar-refractivity contribution in [2.75, 3.05) is 0 Å². The van der Waals surface area contributed by atoms with Crippen molar-refractivity contribution in [3.8, 4) is 0 Å². The van der Waals surface area contributed by atoms with E-state index in [-0.39, 0.29) is 4.90 Å². The first kappa shape index (κ1) is 13.7. The first-order valence-electron chi connectivity index (χ1n) is 5.42. The van der Waals surface area contributed by atoms with Crippen molar-refractivity contribution in [2.24, 2.45) is 5.92 Å². The lowest BCUT2D eigenvalue weighted by atomic mass is 10.1. The molecule has 0 aliphatic rings. The number of rotatable bonds is 4. The molecule has 0 spiro atoms. The van der Waals surface area contributed by atoms with Gasteiger partial charge in [0.15, 0.2) is 0 Å². The van der Waals surface area contributed by atoms with Gasteiger partial charge in [-0.3, -0.25) is 4.79 Å². The van der Waals surface area contributed by atoms with E-state index in [2.05, 4.69) is 4.18 Å². The molecule has 17 heavy (non-hydrogen) atoms. The molecule has 1 aromatic rings. The van der Waals surface area contributed by atoms with Crippen LogP contribution in [0.4, 0.5) is 0 Å². The van der Waals surface area contributed by atoms with Crippen molar-refractivity contribution in [3.63, 3.8) is 0 Å². The Hall–Kier alpha value is -1.36. The molecule has 94 valence electrons. The Morgan fingerprint density at radius 3 is 2.29 bits per heavy atom. The van der Waals surface area contributed by atoms with Crippen LogP contribution < -0.4 is 0 Å². The maximum absolute atomic E-state index is 11.7. The average Bonchev–Trinajstić information content (AvgIpc) is 2.27. The number of carbonyl (C=O) groups excluding carboxylic acids is 1. The lowest BCUT2D eigenvalue weighted by molar-refractivity contribution is -0.137. The maximum Gasteiger partial charge on any atom is 0.341 e. The van der Waals surface area contributed by atoms with Gasteiger partial charge in [-0.2, -0.15) is 8.42 Å². The molecule has 0 bridgehead atoms. The van der Waals surface area contributed by atoms with Crippen LogP contribution in [-0.2, 0) is 19.1 Å². The van der Waals surface area contributed by atoms with Crippen molar-refractivity contribution >= 4 is 16.1 Å². The topological polar surface area (TPSA) is 60.4 Å². The summed E-state index contributed by atoms with van der Waals surface area (Å²) in [6, 6.07) is 6.16. The van der Waals surface area contributed by atoms with Crippen molar-refractivity contribution in [3.05, 3.63) is 29.8 Å². The SMILES string of the molecule is CCC(C)C(=O)OS(=O)(=O)c1ccc(C)cc1. The van der Waals surface area contributed by atoms with Gasteiger partial charge in [-0.05, 0) is 25.5 Å². The second-order valence-electron chi connectivity index (χ2n) is 3.98. The third-order valence-corrected chi connectivity index (χ3v) is 3.75. The van der Waals surface area contributed by atoms with E-state index in [1.165, 1.54) is 12.1 Å². The van der Waals surface area contributed by atoms with E-state index < -0.39 is 22.0 Å². The van der Waals surface area contributed by atoms with Crippen LogP contribution in [-0.4, -0.2) is 14.4 Å². The lowest BCUT2D eigenvalue weighted by Crippen LogP contribution is -2.19. The zero-order valence-corrected chi connectivity index (χ0v) is 11.0. The van der Waals surface area contributed by atoms with Crippen molar-refractivity contribution < 1.29 is 17.4 Å². The number of carbonyl (C=O) groups is 1. The van der Waals surface area contributed by atoms with Gasteiger partial charge >= 0.3 is 16.1 Å². The third kappa shape index (κ3) is 3.56. The fourth-order valence-electron chi connectivity index (χ4n) is 1.11. The molecule has 0 N–H and O–H groups in total. The minimum atomic E-state index is -3.98. The molecular formula is C12H16O4S. The summed E-state index contributed by atoms with van der Waals surface area (Å²) < 4.78 is 28.0. The highest BCUT2D eigenvalue weighted by atomic mass is 32.2. The van der Waals surface area contributed by atoms with E-state index in [0.29, 0.717) is 6.42 Å². The largest absolute Gasteiger partial charge is 0.342 e. The van der Waals surface area contributed by atoms with Gasteiger partial charge in [0.25, 0.3) is 0 Å². The molecule has 0 fully saturated rings. The molecule has 5 heteroatoms. The van der Waals surface area contributed by atoms with Crippen LogP contribution in [0.3, 0.4) is 0 Å². The Labute approximate surface area is 102 Å². The molecule has 1 rings (SSSR count). The first-order chi connectivity index (χ1) is 7.86. The summed E-state index contributed by atoms with van der Waals surface area (Å²) in [7, 11) is -3.98. The zero-order chi connectivity index (χ0) is 13.1. The highest BCUT2D eigenvalue weighted by Gasteiger charge is 2.23. The van der Waals surface area contributed by atoms with E-state index >= 15 is 0 Å². The van der Waals surface area contributed by atoms with Crippen LogP contribution >= 0.6 is 0 Å². The molecule has 0 saturated heterocycles. The minimum absolute atomic E-state index is 0.000229. The van der Waals surface area contributed by atoms with Crippen LogP contribution in [0.15, 0.2) is 29.2 Å². The molecule has 4 nitrogen and oxygen atoms in total. The van der Waals surface area contributed by atoms with Crippen LogP contribution in [0.5, 0.6) is 0 Å². The summed E-state index contributed by atoms with van der Waals surface area (Å²) in [6.07, 6.45) is 0.544. The van der Waals surface area contributed by atoms with Crippen molar-refractivity contribution in [1.29, 1.82) is 0 Å². The normalized spacial score (nSPS) is 13.1. The van der Waals surface area contributed by atoms with Gasteiger partial charge in [0.2, 0.25) is 0 Å². The summed E-state index contributed by atoms with van der Waals surface area (Å²) in [6.45, 7) is 5.28. The first-order valence-corrected chi connectivity index (χ1v) is 6.82. The highest BCUT2D eigenvalue weighted by molar-refractivity contribution is 7.87. The molecule has 0 amide bonds. The van der Waals surface area contributed by atoms with E-state index in [9.17, 15) is 13.2 Å². The predicted molar refractivity (Wildman–Crippen MR) is 63.9 cm³/mol. The summed E-state index contributed by atoms with van der Waals surface area (Å²) in [5.74, 6) is -1.14. The molecule has 1 aromatic carbocycles. The smallest absolute Gasteiger partial charge is 0.341 e. The Morgan fingerprint density at radius 2 is 1.82 bits per heavy atom. The van der Waals surface area contributed by atoms with Gasteiger partial charge in [-0.25, -0.2) is 0 Å². The van der Waals surface area contributed by atoms with Gasteiger partial charge < -0.3 is 4.18 Å². The maximum atomic E-state index is 11.7. The number of hydrogen-bond acceptors (Lipinski definition) is 4. The Kier molecular flexibility index (Phi) is 4.28. The second kappa shape index (κ2) is 5.31. The standard InChI is InChI=1S/C12H16O4S/c1-4-10(3)12(13)16-17(14,15)11-7-5-9(2)6-8-11/h5-8,10H,4H2,1-3H3. The summed E-state index contributed by atoms with van der Waals surface area (Å²) >= 11 is 0. The molecule has 1 atom stereocenters. The third-order valence-electron chi connectivity index (χ3n) is 2.52. The van der Waals surface area contributed by atoms with Gasteiger partial charge in [0, 0.05) is 0 Å². The average molecular weight is 256 g/mol. The molecular weight excluding hydrogens is 240 g/mol. The van der Waals surface area contributed by atoms with Gasteiger partial charge in [0.1, 0.15) is 4.90 Å². The molecule has 0 heterocycles. The van der Waals surface area contributed by atoms with Gasteiger partial charge in [-0.15, -0.1) is 0 Å². The van der Waals surface area contributed by atoms with E-state index in [1.807, 2.05) is 6.92 Å². The lowest BCUT2D eigenvalue weighted by Gasteiger charge is -2.09. The fourth-order valence-corrected chi connectivity index (χ4v) is 2.06. The van der Waals surface area contributed by atoms with E-state index in [0.717, 1.165) is 5.56 Å². The monoisotopic (exact) mass is 256 g/mol. The van der Waals surface area contributed by atoms with Crippen molar-refractivity contribution in [1.82, 2.24) is 0 Å². The summed E-state index contributed by atoms with van der Waals surface area (Å²) in [4.78, 5) is 11.4. The van der Waals surface area contributed by atoms with Crippen LogP contribution in [0.1, 0.15) is 25.8 Å². The molecule has 1 unspecified atom stereocenters. The molecule has 0 saturated carbocycles. The number of aryl methyl sites for hydroxylation is 1. The number of benzene rings is 1. The van der Waals surface area contributed by atoms with Crippen molar-refractivity contribution in [2.45, 2.75) is 32.1 Å². The summed E-state index contributed by atoms with van der Waals surface area (Å²) in [5.41, 5.74) is 0.942. The molecule has 0 aromatic heterocycles. The zero-order valence-electron chi connectivity index (χ0n) is 10.1. The Balaban J connectivity index is 2.89. The minimum Gasteiger partial charge on any atom is -0.342 e. The van der Waals surface area contributed by atoms with Crippen LogP contribution in [0, 0.1) is 12.8 Å². The number of hydrogen-bond donors (Lipinski definition) is 0. The van der Waals surface area contributed by atoms with E-state index in [1.54, 1.807) is 26.0 Å². The fraction of sp³-hybridized carbons (Fsp3) is 0.417. The van der Waals surface area contributed by atoms with E-state index in [4.69, 9.17) is 0 Å². The van der Waals surface area contributed by atoms with Crippen LogP contribution in [0.25, 0.3) is 0 Å². The second-order valence-corrected chi connectivity index (χ2v) is 5.53. The van der Waals surface area contributed by atoms with Gasteiger partial charge in [0.05, 0.1) is 5.92 Å². The highest BCUT2D eigenvalue weighted by Crippen LogP contribution is 2.15. The predicted octanol–water partition coefficient (Wildman–Crippen LogP) is 2.27. The summed E-state index contributed by atoms with van der Waals surface area (Å²) in [5, 5.41) is 0. The Morgan fingerprint density at radius 1 is 1.29 bits per heavy atom. The molecule has 0 aliphatic carbocycles. The quantitative estimate of drug-likeness (QED) is 0.775. The Bertz CT molecular complexity index is 488. The molecule has 0 aliphatic heterocycles.